The Hall–Kier alpha value is -2.29. The van der Waals surface area contributed by atoms with E-state index in [0.29, 0.717) is 20.7 Å². The van der Waals surface area contributed by atoms with Crippen LogP contribution in [0.4, 0.5) is 0 Å². The fourth-order valence-corrected chi connectivity index (χ4v) is 5.11. The third-order valence-electron chi connectivity index (χ3n) is 3.82. The maximum atomic E-state index is 12.3. The highest BCUT2D eigenvalue weighted by Gasteiger charge is 2.15. The van der Waals surface area contributed by atoms with Gasteiger partial charge in [0.2, 0.25) is 0 Å². The van der Waals surface area contributed by atoms with Gasteiger partial charge in [0.15, 0.2) is 8.29 Å². The van der Waals surface area contributed by atoms with Crippen molar-refractivity contribution < 1.29 is 0 Å². The number of nitrogens with one attached hydrogen (secondary N) is 1. The molecule has 0 amide bonds. The van der Waals surface area contributed by atoms with Crippen LogP contribution in [0.5, 0.6) is 0 Å². The van der Waals surface area contributed by atoms with Crippen LogP contribution in [0.2, 0.25) is 0 Å². The number of H-pyrrole nitrogens is 1. The molecule has 0 bridgehead atoms. The monoisotopic (exact) mass is 398 g/mol. The van der Waals surface area contributed by atoms with Crippen LogP contribution < -0.4 is 5.56 Å². The molecule has 0 saturated carbocycles. The SMILES string of the molecule is C[C@H](Sc1nn(-c2ccccc2)c(=S)s1)c1nc2ccccc2c(=O)[nH]1. The molecule has 0 aliphatic heterocycles. The average Bonchev–Trinajstić information content (AvgIpc) is 3.02. The molecule has 1 atom stereocenters. The Bertz CT molecular complexity index is 1180. The first kappa shape index (κ1) is 17.1. The molecular weight excluding hydrogens is 384 g/mol. The van der Waals surface area contributed by atoms with Crippen LogP contribution in [0.1, 0.15) is 18.0 Å². The van der Waals surface area contributed by atoms with Crippen LogP contribution in [0.3, 0.4) is 0 Å². The summed E-state index contributed by atoms with van der Waals surface area (Å²) in [4.78, 5) is 19.7. The Morgan fingerprint density at radius 3 is 2.69 bits per heavy atom. The van der Waals surface area contributed by atoms with Gasteiger partial charge in [-0.2, -0.15) is 0 Å². The van der Waals surface area contributed by atoms with Gasteiger partial charge in [0.05, 0.1) is 21.8 Å². The van der Waals surface area contributed by atoms with E-state index in [2.05, 4.69) is 15.1 Å². The Balaban J connectivity index is 1.64. The lowest BCUT2D eigenvalue weighted by Gasteiger charge is -2.09. The third-order valence-corrected chi connectivity index (χ3v) is 6.25. The highest BCUT2D eigenvalue weighted by atomic mass is 32.2. The second-order valence-corrected chi connectivity index (χ2v) is 8.82. The van der Waals surface area contributed by atoms with E-state index in [1.54, 1.807) is 10.7 Å². The Morgan fingerprint density at radius 2 is 1.88 bits per heavy atom. The third kappa shape index (κ3) is 3.35. The van der Waals surface area contributed by atoms with Gasteiger partial charge < -0.3 is 4.98 Å². The van der Waals surface area contributed by atoms with Gasteiger partial charge in [-0.25, -0.2) is 9.67 Å². The van der Waals surface area contributed by atoms with Crippen LogP contribution in [0, 0.1) is 3.95 Å². The molecule has 2 aromatic carbocycles. The molecule has 2 aromatic heterocycles. The fourth-order valence-electron chi connectivity index (χ4n) is 2.54. The molecule has 8 heteroatoms. The molecule has 5 nitrogen and oxygen atoms in total. The van der Waals surface area contributed by atoms with Gasteiger partial charge in [0.1, 0.15) is 5.82 Å². The summed E-state index contributed by atoms with van der Waals surface area (Å²) in [6, 6.07) is 17.1. The van der Waals surface area contributed by atoms with Crippen molar-refractivity contribution in [1.82, 2.24) is 19.7 Å². The number of aromatic amines is 1. The van der Waals surface area contributed by atoms with Gasteiger partial charge in [0, 0.05) is 0 Å². The molecule has 0 unspecified atom stereocenters. The summed E-state index contributed by atoms with van der Waals surface area (Å²) in [5, 5.41) is 5.14. The number of thioether (sulfide) groups is 1. The quantitative estimate of drug-likeness (QED) is 0.397. The molecule has 0 radical (unpaired) electrons. The second-order valence-electron chi connectivity index (χ2n) is 5.61. The first-order valence-electron chi connectivity index (χ1n) is 7.93. The van der Waals surface area contributed by atoms with Crippen LogP contribution in [-0.2, 0) is 0 Å². The number of nitrogens with zero attached hydrogens (tertiary/aromatic N) is 3. The van der Waals surface area contributed by atoms with E-state index in [4.69, 9.17) is 12.2 Å². The fraction of sp³-hybridized carbons (Fsp3) is 0.111. The molecule has 26 heavy (non-hydrogen) atoms. The standard InChI is InChI=1S/C18H14N4OS3/c1-11(15-19-14-10-6-5-9-13(14)16(23)20-15)25-17-21-22(18(24)26-17)12-7-3-2-4-8-12/h2-11H,1H3,(H,19,20,23)/t11-/m0/s1. The zero-order valence-electron chi connectivity index (χ0n) is 13.7. The molecule has 130 valence electrons. The zero-order chi connectivity index (χ0) is 18.1. The van der Waals surface area contributed by atoms with Crippen molar-refractivity contribution in [3.63, 3.8) is 0 Å². The lowest BCUT2D eigenvalue weighted by molar-refractivity contribution is 0.825. The predicted molar refractivity (Wildman–Crippen MR) is 109 cm³/mol. The van der Waals surface area contributed by atoms with E-state index < -0.39 is 0 Å². The summed E-state index contributed by atoms with van der Waals surface area (Å²) < 4.78 is 3.28. The maximum Gasteiger partial charge on any atom is 0.258 e. The van der Waals surface area contributed by atoms with E-state index in [1.165, 1.54) is 23.1 Å². The summed E-state index contributed by atoms with van der Waals surface area (Å²) in [6.45, 7) is 2.00. The summed E-state index contributed by atoms with van der Waals surface area (Å²) in [6.07, 6.45) is 0. The van der Waals surface area contributed by atoms with Crippen molar-refractivity contribution in [2.24, 2.45) is 0 Å². The highest BCUT2D eigenvalue weighted by Crippen LogP contribution is 2.35. The van der Waals surface area contributed by atoms with Gasteiger partial charge in [-0.3, -0.25) is 4.79 Å². The number of aromatic nitrogens is 4. The molecule has 1 N–H and O–H groups in total. The lowest BCUT2D eigenvalue weighted by Crippen LogP contribution is -2.12. The zero-order valence-corrected chi connectivity index (χ0v) is 16.2. The Morgan fingerprint density at radius 1 is 1.15 bits per heavy atom. The number of rotatable bonds is 4. The van der Waals surface area contributed by atoms with Gasteiger partial charge in [0.25, 0.3) is 5.56 Å². The van der Waals surface area contributed by atoms with Crippen molar-refractivity contribution in [1.29, 1.82) is 0 Å². The van der Waals surface area contributed by atoms with E-state index in [1.807, 2.05) is 55.5 Å². The first-order valence-corrected chi connectivity index (χ1v) is 10.0. The number of hydrogen-bond donors (Lipinski definition) is 1. The van der Waals surface area contributed by atoms with Crippen molar-refractivity contribution in [2.75, 3.05) is 0 Å². The normalized spacial score (nSPS) is 12.3. The first-order chi connectivity index (χ1) is 12.6. The average molecular weight is 399 g/mol. The van der Waals surface area contributed by atoms with E-state index in [-0.39, 0.29) is 10.8 Å². The smallest absolute Gasteiger partial charge is 0.258 e. The minimum absolute atomic E-state index is 0.0583. The molecule has 0 aliphatic rings. The van der Waals surface area contributed by atoms with E-state index in [9.17, 15) is 4.79 Å². The van der Waals surface area contributed by atoms with Crippen molar-refractivity contribution in [3.8, 4) is 5.69 Å². The summed E-state index contributed by atoms with van der Waals surface area (Å²) in [5.41, 5.74) is 1.51. The van der Waals surface area contributed by atoms with Crippen molar-refractivity contribution >= 4 is 46.2 Å². The molecule has 0 saturated heterocycles. The topological polar surface area (TPSA) is 63.6 Å². The molecular formula is C18H14N4OS3. The summed E-state index contributed by atoms with van der Waals surface area (Å²) >= 11 is 8.42. The van der Waals surface area contributed by atoms with Gasteiger partial charge in [-0.15, -0.1) is 5.10 Å². The van der Waals surface area contributed by atoms with Crippen molar-refractivity contribution in [3.05, 3.63) is 74.7 Å². The second kappa shape index (κ2) is 7.14. The molecule has 2 heterocycles. The van der Waals surface area contributed by atoms with Crippen LogP contribution >= 0.6 is 35.3 Å². The molecule has 4 rings (SSSR count). The van der Waals surface area contributed by atoms with Crippen molar-refractivity contribution in [2.45, 2.75) is 16.5 Å². The number of para-hydroxylation sites is 2. The summed E-state index contributed by atoms with van der Waals surface area (Å²) in [7, 11) is 0. The largest absolute Gasteiger partial charge is 0.309 e. The number of hydrogen-bond acceptors (Lipinski definition) is 6. The number of benzene rings is 2. The van der Waals surface area contributed by atoms with Crippen LogP contribution in [-0.4, -0.2) is 19.7 Å². The minimum atomic E-state index is -0.125. The maximum absolute atomic E-state index is 12.3. The van der Waals surface area contributed by atoms with Gasteiger partial charge in [-0.1, -0.05) is 53.4 Å². The Labute approximate surface area is 162 Å². The lowest BCUT2D eigenvalue weighted by atomic mass is 10.2. The Kier molecular flexibility index (Phi) is 4.71. The molecule has 4 aromatic rings. The predicted octanol–water partition coefficient (Wildman–Crippen LogP) is 4.75. The molecule has 0 aliphatic carbocycles. The summed E-state index contributed by atoms with van der Waals surface area (Å²) in [5.74, 6) is 0.631. The van der Waals surface area contributed by atoms with E-state index >= 15 is 0 Å². The van der Waals surface area contributed by atoms with E-state index in [0.717, 1.165) is 10.0 Å². The van der Waals surface area contributed by atoms with Gasteiger partial charge >= 0.3 is 0 Å². The highest BCUT2D eigenvalue weighted by molar-refractivity contribution is 8.01. The molecule has 0 spiro atoms. The minimum Gasteiger partial charge on any atom is -0.309 e. The number of fused-ring (bicyclic) bond motifs is 1. The van der Waals surface area contributed by atoms with Gasteiger partial charge in [-0.05, 0) is 43.4 Å². The molecule has 0 fully saturated rings. The van der Waals surface area contributed by atoms with Crippen LogP contribution in [0.15, 0.2) is 63.7 Å². The van der Waals surface area contributed by atoms with Crippen LogP contribution in [0.25, 0.3) is 16.6 Å².